The van der Waals surface area contributed by atoms with E-state index >= 15 is 0 Å². The molecule has 18 heavy (non-hydrogen) atoms. The van der Waals surface area contributed by atoms with E-state index in [1.165, 1.54) is 12.8 Å². The van der Waals surface area contributed by atoms with E-state index in [2.05, 4.69) is 9.97 Å². The van der Waals surface area contributed by atoms with Crippen molar-refractivity contribution in [1.82, 2.24) is 9.97 Å². The lowest BCUT2D eigenvalue weighted by Gasteiger charge is -2.00. The lowest BCUT2D eigenvalue weighted by Crippen LogP contribution is -1.78. The molecule has 0 bridgehead atoms. The van der Waals surface area contributed by atoms with Crippen LogP contribution < -0.4 is 0 Å². The molecule has 4 heteroatoms. The van der Waals surface area contributed by atoms with Crippen LogP contribution in [0, 0.1) is 0 Å². The molecule has 86 valence electrons. The molecule has 0 spiro atoms. The summed E-state index contributed by atoms with van der Waals surface area (Å²) in [6, 6.07) is 11.9. The minimum Gasteiger partial charge on any atom is -0.443 e. The summed E-state index contributed by atoms with van der Waals surface area (Å²) in [6.07, 6.45) is 2.90. The lowest BCUT2D eigenvalue weighted by molar-refractivity contribution is 0.601. The molecule has 2 heterocycles. The summed E-state index contributed by atoms with van der Waals surface area (Å²) in [7, 11) is 0. The van der Waals surface area contributed by atoms with Crippen molar-refractivity contribution in [3.8, 4) is 11.1 Å². The minimum absolute atomic E-state index is 0.783. The van der Waals surface area contributed by atoms with Gasteiger partial charge in [-0.2, -0.15) is 0 Å². The predicted molar refractivity (Wildman–Crippen MR) is 67.0 cm³/mol. The molecule has 0 N–H and O–H groups in total. The molecule has 0 saturated carbocycles. The molecule has 0 aliphatic carbocycles. The Morgan fingerprint density at radius 1 is 0.667 bits per heavy atom. The van der Waals surface area contributed by atoms with Crippen LogP contribution in [0.3, 0.4) is 0 Å². The average Bonchev–Trinajstić information content (AvgIpc) is 3.05. The standard InChI is InChI=1S/C14H8N2O2/c1-3-11-13(17-7-15-11)5-9(1)10-2-4-12-14(6-10)18-8-16-12/h1-8H. The number of hydrogen-bond acceptors (Lipinski definition) is 4. The Morgan fingerprint density at radius 3 is 1.67 bits per heavy atom. The monoisotopic (exact) mass is 236 g/mol. The van der Waals surface area contributed by atoms with Crippen LogP contribution >= 0.6 is 0 Å². The Labute approximate surface area is 102 Å². The number of benzene rings is 2. The number of aromatic nitrogens is 2. The van der Waals surface area contributed by atoms with E-state index < -0.39 is 0 Å². The molecule has 2 aromatic carbocycles. The van der Waals surface area contributed by atoms with Crippen LogP contribution in [0.2, 0.25) is 0 Å². The topological polar surface area (TPSA) is 52.1 Å². The van der Waals surface area contributed by atoms with Gasteiger partial charge in [-0.05, 0) is 35.4 Å². The van der Waals surface area contributed by atoms with Crippen LogP contribution in [0.15, 0.2) is 58.0 Å². The SMILES string of the molecule is c1nc2ccc(-c3ccc4ncoc4c3)cc2o1. The number of hydrogen-bond donors (Lipinski definition) is 0. The zero-order chi connectivity index (χ0) is 11.9. The normalized spacial score (nSPS) is 11.3. The van der Waals surface area contributed by atoms with Gasteiger partial charge in [0.05, 0.1) is 0 Å². The van der Waals surface area contributed by atoms with E-state index in [0.717, 1.165) is 33.3 Å². The first-order chi connectivity index (χ1) is 8.90. The van der Waals surface area contributed by atoms with Crippen LogP contribution in [0.5, 0.6) is 0 Å². The summed E-state index contributed by atoms with van der Waals surface area (Å²) in [5.41, 5.74) is 5.42. The highest BCUT2D eigenvalue weighted by Gasteiger charge is 2.05. The van der Waals surface area contributed by atoms with Gasteiger partial charge in [0.15, 0.2) is 24.0 Å². The maximum Gasteiger partial charge on any atom is 0.181 e. The van der Waals surface area contributed by atoms with Crippen molar-refractivity contribution in [2.45, 2.75) is 0 Å². The fourth-order valence-electron chi connectivity index (χ4n) is 2.07. The van der Waals surface area contributed by atoms with Gasteiger partial charge < -0.3 is 8.83 Å². The first-order valence-corrected chi connectivity index (χ1v) is 5.57. The molecule has 4 rings (SSSR count). The van der Waals surface area contributed by atoms with Gasteiger partial charge in [-0.3, -0.25) is 0 Å². The van der Waals surface area contributed by atoms with E-state index in [9.17, 15) is 0 Å². The Morgan fingerprint density at radius 2 is 1.17 bits per heavy atom. The van der Waals surface area contributed by atoms with Gasteiger partial charge in [0, 0.05) is 0 Å². The first-order valence-electron chi connectivity index (χ1n) is 5.57. The van der Waals surface area contributed by atoms with E-state index in [-0.39, 0.29) is 0 Å². The molecule has 0 saturated heterocycles. The van der Waals surface area contributed by atoms with Crippen molar-refractivity contribution in [3.63, 3.8) is 0 Å². The summed E-state index contributed by atoms with van der Waals surface area (Å²) >= 11 is 0. The van der Waals surface area contributed by atoms with Gasteiger partial charge in [0.25, 0.3) is 0 Å². The molecule has 0 fully saturated rings. The van der Waals surface area contributed by atoms with Crippen LogP contribution in [0.4, 0.5) is 0 Å². The first kappa shape index (κ1) is 9.41. The fourth-order valence-corrected chi connectivity index (χ4v) is 2.07. The van der Waals surface area contributed by atoms with Gasteiger partial charge in [-0.15, -0.1) is 0 Å². The molecular weight excluding hydrogens is 228 g/mol. The minimum atomic E-state index is 0.783. The molecule has 0 amide bonds. The highest BCUT2D eigenvalue weighted by molar-refractivity contribution is 5.84. The van der Waals surface area contributed by atoms with Gasteiger partial charge in [-0.25, -0.2) is 9.97 Å². The number of oxazole rings is 2. The van der Waals surface area contributed by atoms with E-state index in [0.29, 0.717) is 0 Å². The van der Waals surface area contributed by atoms with Crippen LogP contribution in [0.25, 0.3) is 33.3 Å². The van der Waals surface area contributed by atoms with Crippen molar-refractivity contribution in [1.29, 1.82) is 0 Å². The fraction of sp³-hybridized carbons (Fsp3) is 0. The Balaban J connectivity index is 1.93. The maximum atomic E-state index is 5.31. The Bertz CT molecular complexity index is 773. The number of fused-ring (bicyclic) bond motifs is 2. The van der Waals surface area contributed by atoms with E-state index in [4.69, 9.17) is 8.83 Å². The third kappa shape index (κ3) is 1.32. The molecule has 0 aliphatic heterocycles. The number of nitrogens with zero attached hydrogens (tertiary/aromatic N) is 2. The van der Waals surface area contributed by atoms with Crippen molar-refractivity contribution in [2.75, 3.05) is 0 Å². The largest absolute Gasteiger partial charge is 0.443 e. The van der Waals surface area contributed by atoms with Gasteiger partial charge >= 0.3 is 0 Å². The van der Waals surface area contributed by atoms with Gasteiger partial charge in [0.2, 0.25) is 0 Å². The van der Waals surface area contributed by atoms with Crippen LogP contribution in [0.1, 0.15) is 0 Å². The average molecular weight is 236 g/mol. The quantitative estimate of drug-likeness (QED) is 0.506. The summed E-state index contributed by atoms with van der Waals surface area (Å²) in [6.45, 7) is 0. The van der Waals surface area contributed by atoms with Crippen molar-refractivity contribution in [2.24, 2.45) is 0 Å². The molecular formula is C14H8N2O2. The molecule has 0 radical (unpaired) electrons. The number of rotatable bonds is 1. The second kappa shape index (κ2) is 3.43. The van der Waals surface area contributed by atoms with Crippen molar-refractivity contribution >= 4 is 22.2 Å². The van der Waals surface area contributed by atoms with E-state index in [1.54, 1.807) is 0 Å². The highest BCUT2D eigenvalue weighted by Crippen LogP contribution is 2.26. The molecule has 0 unspecified atom stereocenters. The Hall–Kier alpha value is -2.62. The Kier molecular flexibility index (Phi) is 1.80. The molecule has 4 aromatic rings. The predicted octanol–water partition coefficient (Wildman–Crippen LogP) is 3.64. The molecule has 0 aliphatic rings. The summed E-state index contributed by atoms with van der Waals surface area (Å²) in [4.78, 5) is 8.20. The summed E-state index contributed by atoms with van der Waals surface area (Å²) in [5, 5.41) is 0. The highest BCUT2D eigenvalue weighted by atomic mass is 16.3. The zero-order valence-electron chi connectivity index (χ0n) is 9.33. The van der Waals surface area contributed by atoms with Crippen LogP contribution in [-0.2, 0) is 0 Å². The second-order valence-electron chi connectivity index (χ2n) is 4.07. The summed E-state index contributed by atoms with van der Waals surface area (Å²) in [5.74, 6) is 0. The third-order valence-electron chi connectivity index (χ3n) is 3.00. The summed E-state index contributed by atoms with van der Waals surface area (Å²) < 4.78 is 10.6. The van der Waals surface area contributed by atoms with Gasteiger partial charge in [-0.1, -0.05) is 12.1 Å². The van der Waals surface area contributed by atoms with Gasteiger partial charge in [0.1, 0.15) is 11.0 Å². The second-order valence-corrected chi connectivity index (χ2v) is 4.07. The molecule has 2 aromatic heterocycles. The molecule has 0 atom stereocenters. The lowest BCUT2D eigenvalue weighted by atomic mass is 10.1. The third-order valence-corrected chi connectivity index (χ3v) is 3.00. The molecule has 4 nitrogen and oxygen atoms in total. The van der Waals surface area contributed by atoms with Crippen molar-refractivity contribution in [3.05, 3.63) is 49.2 Å². The smallest absolute Gasteiger partial charge is 0.181 e. The van der Waals surface area contributed by atoms with Crippen molar-refractivity contribution < 1.29 is 8.83 Å². The zero-order valence-corrected chi connectivity index (χ0v) is 9.33. The van der Waals surface area contributed by atoms with E-state index in [1.807, 2.05) is 36.4 Å². The maximum absolute atomic E-state index is 5.31. The van der Waals surface area contributed by atoms with Crippen LogP contribution in [-0.4, -0.2) is 9.97 Å².